The van der Waals surface area contributed by atoms with E-state index in [1.165, 1.54) is 114 Å². The molecule has 0 amide bonds. The van der Waals surface area contributed by atoms with E-state index in [9.17, 15) is 0 Å². The minimum absolute atomic E-state index is 0.0362. The Hall–Kier alpha value is -7.76. The summed E-state index contributed by atoms with van der Waals surface area (Å²) in [6.07, 6.45) is 4.72. The van der Waals surface area contributed by atoms with Crippen LogP contribution in [0.3, 0.4) is 0 Å². The third kappa shape index (κ3) is 6.83. The highest BCUT2D eigenvalue weighted by atomic mass is 16.3. The number of anilines is 8. The molecule has 1 saturated carbocycles. The van der Waals surface area contributed by atoms with Crippen molar-refractivity contribution in [1.29, 1.82) is 0 Å². The quantitative estimate of drug-likeness (QED) is 0.160. The van der Waals surface area contributed by atoms with Crippen LogP contribution in [0.2, 0.25) is 0 Å². The first-order chi connectivity index (χ1) is 36.6. The maximum absolute atomic E-state index is 6.74. The SMILES string of the molecule is Cc1cc2c3c(c1)N(c1cccc4oc5ccccc5c14)c1cc(N4c5ccc(-c6ccccc6)cc5C5(C)CCCCC45C)ccc1B3c1ccc(C(C)(C)C)cc1N2c1ccc(C(C)(C)C)cc1-c1ccccc1. The summed E-state index contributed by atoms with van der Waals surface area (Å²) >= 11 is 0. The fraction of sp³-hybridized carbons (Fsp3) is 0.239. The van der Waals surface area contributed by atoms with Gasteiger partial charge in [0.2, 0.25) is 0 Å². The molecule has 374 valence electrons. The lowest BCUT2D eigenvalue weighted by Gasteiger charge is -2.50. The van der Waals surface area contributed by atoms with Crippen molar-refractivity contribution < 1.29 is 4.42 Å². The van der Waals surface area contributed by atoms with E-state index in [0.717, 1.165) is 40.5 Å². The zero-order chi connectivity index (χ0) is 52.0. The Morgan fingerprint density at radius 2 is 1.08 bits per heavy atom. The van der Waals surface area contributed by atoms with Crippen molar-refractivity contribution in [2.24, 2.45) is 0 Å². The van der Waals surface area contributed by atoms with Crippen LogP contribution < -0.4 is 31.1 Å². The molecule has 9 aromatic carbocycles. The average Bonchev–Trinajstić information content (AvgIpc) is 4.03. The Kier molecular flexibility index (Phi) is 10.2. The van der Waals surface area contributed by atoms with Crippen molar-refractivity contribution in [3.63, 3.8) is 0 Å². The Balaban J connectivity index is 1.06. The molecule has 0 spiro atoms. The van der Waals surface area contributed by atoms with E-state index in [1.807, 2.05) is 0 Å². The smallest absolute Gasteiger partial charge is 0.252 e. The van der Waals surface area contributed by atoms with Gasteiger partial charge in [-0.15, -0.1) is 0 Å². The molecule has 14 rings (SSSR count). The predicted octanol–water partition coefficient (Wildman–Crippen LogP) is 17.6. The van der Waals surface area contributed by atoms with Gasteiger partial charge in [-0.2, -0.15) is 0 Å². The highest BCUT2D eigenvalue weighted by molar-refractivity contribution is 7.00. The van der Waals surface area contributed by atoms with Crippen molar-refractivity contribution in [2.45, 2.75) is 110 Å². The van der Waals surface area contributed by atoms with Gasteiger partial charge in [-0.3, -0.25) is 0 Å². The summed E-state index contributed by atoms with van der Waals surface area (Å²) in [5.74, 6) is 0. The summed E-state index contributed by atoms with van der Waals surface area (Å²) in [6, 6.07) is 71.6. The fourth-order valence-electron chi connectivity index (χ4n) is 14.2. The molecule has 3 aliphatic heterocycles. The molecule has 4 aliphatic rings. The largest absolute Gasteiger partial charge is 0.456 e. The number of benzene rings is 9. The predicted molar refractivity (Wildman–Crippen MR) is 324 cm³/mol. The molecule has 2 unspecified atom stereocenters. The van der Waals surface area contributed by atoms with Crippen LogP contribution in [0.1, 0.15) is 103 Å². The molecule has 4 nitrogen and oxygen atoms in total. The van der Waals surface area contributed by atoms with Gasteiger partial charge in [-0.25, -0.2) is 0 Å². The number of rotatable bonds is 5. The van der Waals surface area contributed by atoms with Gasteiger partial charge in [0.05, 0.1) is 22.3 Å². The number of aryl methyl sites for hydroxylation is 1. The van der Waals surface area contributed by atoms with Crippen LogP contribution in [0.5, 0.6) is 0 Å². The van der Waals surface area contributed by atoms with Gasteiger partial charge in [0.1, 0.15) is 11.2 Å². The molecule has 4 heterocycles. The summed E-state index contributed by atoms with van der Waals surface area (Å²) in [5, 5.41) is 2.25. The fourth-order valence-corrected chi connectivity index (χ4v) is 14.2. The molecule has 0 N–H and O–H groups in total. The number of fused-ring (bicyclic) bond motifs is 10. The Bertz CT molecular complexity index is 3990. The molecule has 1 aromatic heterocycles. The molecule has 10 aromatic rings. The normalized spacial score (nSPS) is 18.6. The average molecular weight is 988 g/mol. The summed E-state index contributed by atoms with van der Waals surface area (Å²) in [7, 11) is 0. The standard InChI is InChI=1S/C71H66BN3O/c1-45-39-62-67-63(40-45)74(59-26-20-28-65-66(59)52-25-16-17-27-64(52)76-65)61-44-51(75-58-35-29-48(46-21-12-10-13-22-46)41-54(58)70(8)37-18-19-38-71(70,75)9)32-34-56(61)72(67)55-33-30-50(69(5,6)7)43-60(55)73(62)57-36-31-49(68(2,3)4)42-53(57)47-23-14-11-15-24-47/h10-17,20-36,39-44H,18-19,37-38H2,1-9H3. The third-order valence-electron chi connectivity index (χ3n) is 18.3. The number of hydrogen-bond donors (Lipinski definition) is 0. The molecular formula is C71H66BN3O. The number of nitrogens with zero attached hydrogens (tertiary/aromatic N) is 3. The molecule has 2 atom stereocenters. The van der Waals surface area contributed by atoms with Gasteiger partial charge in [-0.1, -0.05) is 177 Å². The van der Waals surface area contributed by atoms with Gasteiger partial charge in [-0.05, 0) is 166 Å². The van der Waals surface area contributed by atoms with Crippen molar-refractivity contribution in [2.75, 3.05) is 14.7 Å². The highest BCUT2D eigenvalue weighted by Crippen LogP contribution is 2.62. The number of furan rings is 1. The highest BCUT2D eigenvalue weighted by Gasteiger charge is 2.58. The summed E-state index contributed by atoms with van der Waals surface area (Å²) < 4.78 is 6.74. The van der Waals surface area contributed by atoms with Crippen molar-refractivity contribution in [1.82, 2.24) is 0 Å². The monoisotopic (exact) mass is 988 g/mol. The van der Waals surface area contributed by atoms with E-state index in [0.29, 0.717) is 0 Å². The minimum atomic E-state index is -0.140. The van der Waals surface area contributed by atoms with Gasteiger partial charge in [0, 0.05) is 50.5 Å². The maximum atomic E-state index is 6.74. The van der Waals surface area contributed by atoms with E-state index in [4.69, 9.17) is 4.42 Å². The molecule has 0 radical (unpaired) electrons. The van der Waals surface area contributed by atoms with Crippen molar-refractivity contribution >= 4 is 90.5 Å². The molecule has 5 heteroatoms. The first-order valence-electron chi connectivity index (χ1n) is 27.7. The van der Waals surface area contributed by atoms with Gasteiger partial charge in [0.15, 0.2) is 0 Å². The topological polar surface area (TPSA) is 22.9 Å². The zero-order valence-corrected chi connectivity index (χ0v) is 45.6. The van der Waals surface area contributed by atoms with Crippen LogP contribution >= 0.6 is 0 Å². The summed E-state index contributed by atoms with van der Waals surface area (Å²) in [6.45, 7) is 21.4. The van der Waals surface area contributed by atoms with Gasteiger partial charge >= 0.3 is 0 Å². The molecular weight excluding hydrogens is 922 g/mol. The molecule has 1 fully saturated rings. The molecule has 0 bridgehead atoms. The van der Waals surface area contributed by atoms with Crippen LogP contribution in [-0.4, -0.2) is 12.3 Å². The van der Waals surface area contributed by atoms with Crippen molar-refractivity contribution in [3.8, 4) is 22.3 Å². The van der Waals surface area contributed by atoms with E-state index in [1.54, 1.807) is 0 Å². The lowest BCUT2D eigenvalue weighted by Crippen LogP contribution is -2.61. The van der Waals surface area contributed by atoms with Crippen molar-refractivity contribution in [3.05, 3.63) is 210 Å². The summed E-state index contributed by atoms with van der Waals surface area (Å²) in [5.41, 5.74) is 25.5. The summed E-state index contributed by atoms with van der Waals surface area (Å²) in [4.78, 5) is 8.01. The Labute approximate surface area is 449 Å². The van der Waals surface area contributed by atoms with E-state index in [-0.39, 0.29) is 28.5 Å². The molecule has 76 heavy (non-hydrogen) atoms. The first-order valence-corrected chi connectivity index (χ1v) is 27.7. The number of para-hydroxylation sites is 1. The van der Waals surface area contributed by atoms with E-state index >= 15 is 0 Å². The van der Waals surface area contributed by atoms with Crippen LogP contribution in [0.25, 0.3) is 44.2 Å². The van der Waals surface area contributed by atoms with Crippen LogP contribution in [0.4, 0.5) is 45.5 Å². The molecule has 1 aliphatic carbocycles. The minimum Gasteiger partial charge on any atom is -0.456 e. The Morgan fingerprint density at radius 1 is 0.474 bits per heavy atom. The second-order valence-corrected chi connectivity index (χ2v) is 24.9. The second kappa shape index (κ2) is 16.6. The number of hydrogen-bond acceptors (Lipinski definition) is 4. The van der Waals surface area contributed by atoms with Gasteiger partial charge < -0.3 is 19.1 Å². The second-order valence-electron chi connectivity index (χ2n) is 24.9. The van der Waals surface area contributed by atoms with Crippen LogP contribution in [-0.2, 0) is 16.2 Å². The van der Waals surface area contributed by atoms with E-state index < -0.39 is 0 Å². The van der Waals surface area contributed by atoms with Crippen LogP contribution in [0.15, 0.2) is 192 Å². The molecule has 0 saturated heterocycles. The zero-order valence-electron chi connectivity index (χ0n) is 45.6. The van der Waals surface area contributed by atoms with E-state index in [2.05, 4.69) is 265 Å². The van der Waals surface area contributed by atoms with Gasteiger partial charge in [0.25, 0.3) is 6.71 Å². The maximum Gasteiger partial charge on any atom is 0.252 e. The van der Waals surface area contributed by atoms with Crippen LogP contribution in [0, 0.1) is 6.92 Å². The Morgan fingerprint density at radius 3 is 1.82 bits per heavy atom. The third-order valence-corrected chi connectivity index (χ3v) is 18.3. The first kappa shape index (κ1) is 46.8. The lowest BCUT2D eigenvalue weighted by atomic mass is 9.33. The lowest BCUT2D eigenvalue weighted by molar-refractivity contribution is 0.195.